The van der Waals surface area contributed by atoms with E-state index in [2.05, 4.69) is 19.2 Å². The maximum Gasteiger partial charge on any atom is 0.329 e. The third-order valence-corrected chi connectivity index (χ3v) is 5.66. The third-order valence-electron chi connectivity index (χ3n) is 5.66. The summed E-state index contributed by atoms with van der Waals surface area (Å²) in [5.41, 5.74) is -1.06. The first-order chi connectivity index (χ1) is 9.90. The summed E-state index contributed by atoms with van der Waals surface area (Å²) in [6, 6.07) is -0.0179. The van der Waals surface area contributed by atoms with Gasteiger partial charge in [-0.25, -0.2) is 9.59 Å². The van der Waals surface area contributed by atoms with Crippen molar-refractivity contribution in [1.29, 1.82) is 0 Å². The summed E-state index contributed by atoms with van der Waals surface area (Å²) in [6.07, 6.45) is 5.58. The molecule has 5 nitrogen and oxygen atoms in total. The maximum atomic E-state index is 12.6. The molecule has 1 heterocycles. The fourth-order valence-corrected chi connectivity index (χ4v) is 3.93. The lowest BCUT2D eigenvalue weighted by atomic mass is 9.88. The van der Waals surface area contributed by atoms with Crippen LogP contribution in [0.15, 0.2) is 0 Å². The van der Waals surface area contributed by atoms with Gasteiger partial charge in [-0.3, -0.25) is 0 Å². The number of likely N-dealkylation sites (tertiary alicyclic amines) is 1. The van der Waals surface area contributed by atoms with Crippen LogP contribution in [0.4, 0.5) is 4.79 Å². The van der Waals surface area contributed by atoms with Crippen molar-refractivity contribution < 1.29 is 14.7 Å². The maximum absolute atomic E-state index is 12.6. The second-order valence-corrected chi connectivity index (χ2v) is 6.85. The van der Waals surface area contributed by atoms with Crippen LogP contribution in [0.3, 0.4) is 0 Å². The van der Waals surface area contributed by atoms with Crippen molar-refractivity contribution in [3.63, 3.8) is 0 Å². The molecule has 2 amide bonds. The Kier molecular flexibility index (Phi) is 4.79. The number of piperidine rings is 1. The highest BCUT2D eigenvalue weighted by Crippen LogP contribution is 2.34. The minimum absolute atomic E-state index is 0.183. The van der Waals surface area contributed by atoms with Gasteiger partial charge in [0.15, 0.2) is 0 Å². The van der Waals surface area contributed by atoms with E-state index in [0.717, 1.165) is 32.1 Å². The number of rotatable bonds is 3. The number of amides is 2. The summed E-state index contributed by atoms with van der Waals surface area (Å²) >= 11 is 0. The van der Waals surface area contributed by atoms with Crippen LogP contribution in [0.1, 0.15) is 59.3 Å². The first-order valence-corrected chi connectivity index (χ1v) is 8.21. The number of aliphatic carboxylic acids is 1. The second-order valence-electron chi connectivity index (χ2n) is 6.85. The Hall–Kier alpha value is -1.26. The molecule has 1 saturated heterocycles. The van der Waals surface area contributed by atoms with Crippen LogP contribution < -0.4 is 5.32 Å². The van der Waals surface area contributed by atoms with Crippen molar-refractivity contribution in [3.8, 4) is 0 Å². The molecule has 2 N–H and O–H groups in total. The van der Waals surface area contributed by atoms with Crippen molar-refractivity contribution in [2.24, 2.45) is 11.8 Å². The molecule has 4 unspecified atom stereocenters. The van der Waals surface area contributed by atoms with Crippen molar-refractivity contribution in [2.75, 3.05) is 6.54 Å². The number of hydrogen-bond donors (Lipinski definition) is 2. The molecule has 4 atom stereocenters. The van der Waals surface area contributed by atoms with Gasteiger partial charge in [-0.1, -0.05) is 20.3 Å². The minimum atomic E-state index is -1.06. The summed E-state index contributed by atoms with van der Waals surface area (Å²) in [5.74, 6) is 0.241. The van der Waals surface area contributed by atoms with Gasteiger partial charge in [0.2, 0.25) is 0 Å². The quantitative estimate of drug-likeness (QED) is 0.841. The van der Waals surface area contributed by atoms with E-state index in [1.54, 1.807) is 6.92 Å². The first-order valence-electron chi connectivity index (χ1n) is 8.21. The van der Waals surface area contributed by atoms with E-state index in [9.17, 15) is 14.7 Å². The SMILES string of the molecule is CCC1CCC(NC(=O)N2CCCCC2(C)C(=O)O)C1C. The van der Waals surface area contributed by atoms with E-state index in [1.807, 2.05) is 0 Å². The molecule has 0 radical (unpaired) electrons. The highest BCUT2D eigenvalue weighted by atomic mass is 16.4. The molecule has 0 spiro atoms. The highest BCUT2D eigenvalue weighted by molar-refractivity contribution is 5.86. The van der Waals surface area contributed by atoms with E-state index in [0.29, 0.717) is 24.8 Å². The minimum Gasteiger partial charge on any atom is -0.480 e. The molecule has 1 aliphatic heterocycles. The van der Waals surface area contributed by atoms with Crippen LogP contribution in [0.2, 0.25) is 0 Å². The number of urea groups is 1. The van der Waals surface area contributed by atoms with Crippen LogP contribution >= 0.6 is 0 Å². The average molecular weight is 296 g/mol. The number of carboxylic acids is 1. The van der Waals surface area contributed by atoms with E-state index < -0.39 is 11.5 Å². The number of nitrogens with zero attached hydrogens (tertiary/aromatic N) is 1. The molecular formula is C16H28N2O3. The first kappa shape index (κ1) is 16.1. The van der Waals surface area contributed by atoms with Crippen molar-refractivity contribution in [2.45, 2.75) is 70.9 Å². The Labute approximate surface area is 127 Å². The van der Waals surface area contributed by atoms with Crippen LogP contribution in [0.5, 0.6) is 0 Å². The monoisotopic (exact) mass is 296 g/mol. The Morgan fingerprint density at radius 3 is 2.62 bits per heavy atom. The lowest BCUT2D eigenvalue weighted by Gasteiger charge is -2.42. The predicted octanol–water partition coefficient (Wildman–Crippen LogP) is 2.85. The predicted molar refractivity (Wildman–Crippen MR) is 81.1 cm³/mol. The number of nitrogens with one attached hydrogen (secondary N) is 1. The van der Waals surface area contributed by atoms with Crippen LogP contribution in [-0.2, 0) is 4.79 Å². The molecule has 1 aliphatic carbocycles. The van der Waals surface area contributed by atoms with Gasteiger partial charge in [0.25, 0.3) is 0 Å². The van der Waals surface area contributed by atoms with E-state index in [-0.39, 0.29) is 12.1 Å². The Morgan fingerprint density at radius 1 is 1.33 bits per heavy atom. The van der Waals surface area contributed by atoms with Gasteiger partial charge in [0.1, 0.15) is 5.54 Å². The highest BCUT2D eigenvalue weighted by Gasteiger charge is 2.45. The molecule has 2 aliphatic rings. The van der Waals surface area contributed by atoms with Gasteiger partial charge in [-0.15, -0.1) is 0 Å². The van der Waals surface area contributed by atoms with Gasteiger partial charge in [0, 0.05) is 12.6 Å². The second kappa shape index (κ2) is 6.24. The summed E-state index contributed by atoms with van der Waals surface area (Å²) in [7, 11) is 0. The smallest absolute Gasteiger partial charge is 0.329 e. The molecule has 21 heavy (non-hydrogen) atoms. The number of hydrogen-bond acceptors (Lipinski definition) is 2. The number of carbonyl (C=O) groups excluding carboxylic acids is 1. The molecule has 0 bridgehead atoms. The van der Waals surface area contributed by atoms with Crippen LogP contribution in [-0.4, -0.2) is 40.1 Å². The summed E-state index contributed by atoms with van der Waals surface area (Å²) in [4.78, 5) is 25.7. The fraction of sp³-hybridized carbons (Fsp3) is 0.875. The summed E-state index contributed by atoms with van der Waals surface area (Å²) < 4.78 is 0. The normalized spacial score (nSPS) is 36.5. The van der Waals surface area contributed by atoms with Crippen molar-refractivity contribution >= 4 is 12.0 Å². The lowest BCUT2D eigenvalue weighted by Crippen LogP contribution is -2.61. The summed E-state index contributed by atoms with van der Waals surface area (Å²) in [6.45, 7) is 6.59. The van der Waals surface area contributed by atoms with Crippen LogP contribution in [0.25, 0.3) is 0 Å². The number of carboxylic acid groups (broad SMARTS) is 1. The Bertz CT molecular complexity index is 412. The number of carbonyl (C=O) groups is 2. The standard InChI is InChI=1S/C16H28N2O3/c1-4-12-7-8-13(11(12)2)17-15(21)18-10-6-5-9-16(18,3)14(19)20/h11-13H,4-10H2,1-3H3,(H,17,21)(H,19,20). The fourth-order valence-electron chi connectivity index (χ4n) is 3.93. The van der Waals surface area contributed by atoms with Gasteiger partial charge in [-0.05, 0) is 50.9 Å². The Morgan fingerprint density at radius 2 is 2.05 bits per heavy atom. The molecule has 0 aromatic carbocycles. The molecule has 0 aromatic heterocycles. The van der Waals surface area contributed by atoms with Crippen molar-refractivity contribution in [3.05, 3.63) is 0 Å². The molecular weight excluding hydrogens is 268 g/mol. The van der Waals surface area contributed by atoms with Gasteiger partial charge >= 0.3 is 12.0 Å². The lowest BCUT2D eigenvalue weighted by molar-refractivity contribution is -0.150. The molecule has 120 valence electrons. The van der Waals surface area contributed by atoms with Gasteiger partial charge < -0.3 is 15.3 Å². The average Bonchev–Trinajstić information content (AvgIpc) is 2.79. The van der Waals surface area contributed by atoms with E-state index >= 15 is 0 Å². The van der Waals surface area contributed by atoms with Crippen LogP contribution in [0, 0.1) is 11.8 Å². The van der Waals surface area contributed by atoms with Gasteiger partial charge in [-0.2, -0.15) is 0 Å². The zero-order valence-electron chi connectivity index (χ0n) is 13.4. The third kappa shape index (κ3) is 3.01. The molecule has 2 rings (SSSR count). The zero-order chi connectivity index (χ0) is 15.6. The van der Waals surface area contributed by atoms with Gasteiger partial charge in [0.05, 0.1) is 0 Å². The van der Waals surface area contributed by atoms with E-state index in [4.69, 9.17) is 0 Å². The Balaban J connectivity index is 2.03. The molecule has 5 heteroatoms. The largest absolute Gasteiger partial charge is 0.480 e. The molecule has 0 aromatic rings. The van der Waals surface area contributed by atoms with E-state index in [1.165, 1.54) is 4.90 Å². The molecule has 1 saturated carbocycles. The summed E-state index contributed by atoms with van der Waals surface area (Å²) in [5, 5.41) is 12.6. The molecule has 2 fully saturated rings. The van der Waals surface area contributed by atoms with Crippen molar-refractivity contribution in [1.82, 2.24) is 10.2 Å². The topological polar surface area (TPSA) is 69.6 Å². The zero-order valence-corrected chi connectivity index (χ0v) is 13.4.